The zero-order valence-corrected chi connectivity index (χ0v) is 38.3. The molecule has 1 unspecified atom stereocenters. The molecule has 0 fully saturated rings. The van der Waals surface area contributed by atoms with Crippen molar-refractivity contribution in [2.75, 3.05) is 9.80 Å². The van der Waals surface area contributed by atoms with Crippen LogP contribution in [0.15, 0.2) is 146 Å². The molecular formula is C56H57BN2Si. The van der Waals surface area contributed by atoms with Crippen molar-refractivity contribution in [1.29, 1.82) is 0 Å². The molecule has 10 rings (SSSR count). The monoisotopic (exact) mass is 796 g/mol. The van der Waals surface area contributed by atoms with Gasteiger partial charge in [0.1, 0.15) is 8.07 Å². The lowest BCUT2D eigenvalue weighted by Gasteiger charge is -2.51. The molecule has 3 aliphatic heterocycles. The van der Waals surface area contributed by atoms with Gasteiger partial charge in [0.25, 0.3) is 6.71 Å². The van der Waals surface area contributed by atoms with E-state index < -0.39 is 8.07 Å². The Balaban J connectivity index is 1.36. The van der Waals surface area contributed by atoms with Gasteiger partial charge in [-0.1, -0.05) is 176 Å². The molecule has 1 atom stereocenters. The summed E-state index contributed by atoms with van der Waals surface area (Å²) < 4.78 is 0. The fourth-order valence-electron chi connectivity index (χ4n) is 10.4. The van der Waals surface area contributed by atoms with Crippen LogP contribution in [0.3, 0.4) is 0 Å². The second kappa shape index (κ2) is 13.2. The Morgan fingerprint density at radius 3 is 1.27 bits per heavy atom. The Morgan fingerprint density at radius 1 is 0.417 bits per heavy atom. The van der Waals surface area contributed by atoms with E-state index in [2.05, 4.69) is 231 Å². The number of nitrogens with zero attached hydrogens (tertiary/aromatic N) is 2. The zero-order valence-electron chi connectivity index (χ0n) is 37.3. The summed E-state index contributed by atoms with van der Waals surface area (Å²) in [5, 5.41) is 4.57. The van der Waals surface area contributed by atoms with Gasteiger partial charge < -0.3 is 9.80 Å². The van der Waals surface area contributed by atoms with Crippen molar-refractivity contribution in [3.05, 3.63) is 168 Å². The maximum atomic E-state index is 2.66. The molecule has 0 N–H and O–H groups in total. The van der Waals surface area contributed by atoms with Crippen molar-refractivity contribution < 1.29 is 0 Å². The van der Waals surface area contributed by atoms with Crippen LogP contribution >= 0.6 is 0 Å². The van der Waals surface area contributed by atoms with Gasteiger partial charge in [-0.3, -0.25) is 0 Å². The Bertz CT molecular complexity index is 2820. The largest absolute Gasteiger partial charge is 0.311 e. The minimum atomic E-state index is -2.67. The maximum absolute atomic E-state index is 2.67. The summed E-state index contributed by atoms with van der Waals surface area (Å²) in [6.07, 6.45) is 0. The van der Waals surface area contributed by atoms with Crippen molar-refractivity contribution in [1.82, 2.24) is 0 Å². The first kappa shape index (κ1) is 38.6. The molecule has 60 heavy (non-hydrogen) atoms. The molecule has 7 aromatic rings. The fraction of sp³-hybridized carbons (Fsp3) is 0.250. The molecular weight excluding hydrogens is 740 g/mol. The predicted octanol–water partition coefficient (Wildman–Crippen LogP) is 11.1. The molecule has 0 spiro atoms. The van der Waals surface area contributed by atoms with Crippen molar-refractivity contribution in [2.24, 2.45) is 0 Å². The molecule has 298 valence electrons. The number of aryl methyl sites for hydroxylation is 1. The number of hydrogen-bond acceptors (Lipinski definition) is 2. The molecule has 3 aliphatic rings. The van der Waals surface area contributed by atoms with Gasteiger partial charge in [0.15, 0.2) is 0 Å². The summed E-state index contributed by atoms with van der Waals surface area (Å²) in [5.74, 6) is 0. The van der Waals surface area contributed by atoms with E-state index in [9.17, 15) is 0 Å². The second-order valence-electron chi connectivity index (χ2n) is 20.9. The smallest absolute Gasteiger partial charge is 0.251 e. The fourth-order valence-corrected chi connectivity index (χ4v) is 14.7. The normalized spacial score (nSPS) is 16.6. The highest BCUT2D eigenvalue weighted by Crippen LogP contribution is 2.47. The van der Waals surface area contributed by atoms with E-state index in [0.717, 1.165) is 0 Å². The third-order valence-corrected chi connectivity index (χ3v) is 18.3. The van der Waals surface area contributed by atoms with Crippen molar-refractivity contribution >= 4 is 80.9 Å². The highest BCUT2D eigenvalue weighted by atomic mass is 28.3. The SMILES string of the molecule is Cc1cc2c3c(c1)N(c1ccc(C(C)(C)C)cc1)c1cc(C(C)(C)C)cc4c1B3c1c(cc(C(C)(C)C)cc1[Si]4(C)c1ccccc1)N2c1ccc(-c2ccccc2)cc1. The summed E-state index contributed by atoms with van der Waals surface area (Å²) in [5.41, 5.74) is 19.8. The van der Waals surface area contributed by atoms with E-state index in [-0.39, 0.29) is 23.0 Å². The van der Waals surface area contributed by atoms with Crippen LogP contribution < -0.4 is 41.7 Å². The highest BCUT2D eigenvalue weighted by Gasteiger charge is 2.54. The molecule has 0 amide bonds. The maximum Gasteiger partial charge on any atom is 0.251 e. The molecule has 0 saturated heterocycles. The summed E-state index contributed by atoms with van der Waals surface area (Å²) in [6, 6.07) is 56.5. The molecule has 0 saturated carbocycles. The number of anilines is 6. The molecule has 0 aromatic heterocycles. The molecule has 7 aromatic carbocycles. The van der Waals surface area contributed by atoms with Gasteiger partial charge in [0.05, 0.1) is 0 Å². The van der Waals surface area contributed by atoms with Crippen LogP contribution in [0.2, 0.25) is 6.55 Å². The Morgan fingerprint density at radius 2 is 0.817 bits per heavy atom. The van der Waals surface area contributed by atoms with Crippen LogP contribution in [0.25, 0.3) is 11.1 Å². The molecule has 0 radical (unpaired) electrons. The second-order valence-corrected chi connectivity index (χ2v) is 24.8. The highest BCUT2D eigenvalue weighted by molar-refractivity contribution is 7.21. The van der Waals surface area contributed by atoms with E-state index in [4.69, 9.17) is 0 Å². The van der Waals surface area contributed by atoms with Crippen LogP contribution in [0.5, 0.6) is 0 Å². The molecule has 4 heteroatoms. The van der Waals surface area contributed by atoms with Gasteiger partial charge >= 0.3 is 0 Å². The number of rotatable bonds is 4. The van der Waals surface area contributed by atoms with Crippen LogP contribution in [-0.4, -0.2) is 14.8 Å². The summed E-state index contributed by atoms with van der Waals surface area (Å²) in [4.78, 5) is 5.27. The number of benzene rings is 7. The van der Waals surface area contributed by atoms with Gasteiger partial charge in [-0.25, -0.2) is 0 Å². The third kappa shape index (κ3) is 5.81. The van der Waals surface area contributed by atoms with E-state index in [1.54, 1.807) is 10.4 Å². The van der Waals surface area contributed by atoms with Crippen LogP contribution in [-0.2, 0) is 16.2 Å². The summed E-state index contributed by atoms with van der Waals surface area (Å²) >= 11 is 0. The van der Waals surface area contributed by atoms with Crippen LogP contribution in [0.4, 0.5) is 34.1 Å². The first-order valence-electron chi connectivity index (χ1n) is 21.9. The Kier molecular flexibility index (Phi) is 8.50. The number of hydrogen-bond donors (Lipinski definition) is 0. The minimum Gasteiger partial charge on any atom is -0.311 e. The van der Waals surface area contributed by atoms with Gasteiger partial charge in [-0.15, -0.1) is 0 Å². The predicted molar refractivity (Wildman–Crippen MR) is 264 cm³/mol. The zero-order chi connectivity index (χ0) is 42.1. The van der Waals surface area contributed by atoms with Gasteiger partial charge in [-0.05, 0) is 127 Å². The van der Waals surface area contributed by atoms with Crippen molar-refractivity contribution in [2.45, 2.75) is 92.0 Å². The average molecular weight is 797 g/mol. The third-order valence-electron chi connectivity index (χ3n) is 13.8. The Labute approximate surface area is 360 Å². The van der Waals surface area contributed by atoms with Gasteiger partial charge in [0.2, 0.25) is 0 Å². The molecule has 2 nitrogen and oxygen atoms in total. The van der Waals surface area contributed by atoms with E-state index >= 15 is 0 Å². The van der Waals surface area contributed by atoms with Crippen LogP contribution in [0.1, 0.15) is 84.6 Å². The summed E-state index contributed by atoms with van der Waals surface area (Å²) in [7, 11) is -2.67. The lowest BCUT2D eigenvalue weighted by Crippen LogP contribution is -2.83. The minimum absolute atomic E-state index is 0.0503. The Hall–Kier alpha value is -5.58. The quantitative estimate of drug-likeness (QED) is 0.164. The topological polar surface area (TPSA) is 6.48 Å². The molecule has 0 aliphatic carbocycles. The van der Waals surface area contributed by atoms with Crippen molar-refractivity contribution in [3.8, 4) is 11.1 Å². The molecule has 0 bridgehead atoms. The van der Waals surface area contributed by atoms with Gasteiger partial charge in [-0.2, -0.15) is 0 Å². The summed E-state index contributed by atoms with van der Waals surface area (Å²) in [6.45, 7) is 26.3. The lowest BCUT2D eigenvalue weighted by molar-refractivity contribution is 0.590. The first-order chi connectivity index (χ1) is 28.4. The van der Waals surface area contributed by atoms with E-state index in [1.165, 1.54) is 89.1 Å². The average Bonchev–Trinajstić information content (AvgIpc) is 3.22. The first-order valence-corrected chi connectivity index (χ1v) is 24.4. The molecule has 3 heterocycles. The lowest BCUT2D eigenvalue weighted by atomic mass is 9.33. The van der Waals surface area contributed by atoms with Gasteiger partial charge in [0, 0.05) is 34.1 Å². The standard InChI is InChI=1S/C56H57BN2Si/c1-36-30-45-51-46(31-36)59(43-28-24-39(25-29-43)54(2,3)4)48-33-41(56(8,9)10)35-50-53(48)57(51)52-47(58(45)42-26-22-38(23-27-42)37-18-14-12-15-19-37)32-40(55(5,6)7)34-49(52)60(50,11)44-20-16-13-17-21-44/h12-35H,1-11H3. The van der Waals surface area contributed by atoms with E-state index in [0.29, 0.717) is 0 Å². The van der Waals surface area contributed by atoms with Crippen molar-refractivity contribution in [3.63, 3.8) is 0 Å². The van der Waals surface area contributed by atoms with E-state index in [1.807, 2.05) is 0 Å². The van der Waals surface area contributed by atoms with Crippen LogP contribution in [0, 0.1) is 6.92 Å².